The summed E-state index contributed by atoms with van der Waals surface area (Å²) in [5.74, 6) is -0.0346. The maximum absolute atomic E-state index is 13.1. The molecule has 0 atom stereocenters. The van der Waals surface area contributed by atoms with Crippen molar-refractivity contribution in [2.75, 3.05) is 0 Å². The monoisotopic (exact) mass is 386 g/mol. The van der Waals surface area contributed by atoms with Gasteiger partial charge in [0.2, 0.25) is 11.8 Å². The Hall–Kier alpha value is -3.56. The molecule has 0 fully saturated rings. The summed E-state index contributed by atoms with van der Waals surface area (Å²) >= 11 is 0. The van der Waals surface area contributed by atoms with Crippen molar-refractivity contribution < 1.29 is 18.7 Å². The van der Waals surface area contributed by atoms with Gasteiger partial charge in [-0.2, -0.15) is 0 Å². The molecule has 0 saturated carbocycles. The molecule has 1 aromatic carbocycles. The highest BCUT2D eigenvalue weighted by molar-refractivity contribution is 5.69. The number of carbonyl (C=O) groups excluding carboxylic acids is 1. The van der Waals surface area contributed by atoms with Crippen LogP contribution in [-0.2, 0) is 13.7 Å². The van der Waals surface area contributed by atoms with E-state index in [4.69, 9.17) is 9.47 Å². The molecule has 9 nitrogen and oxygen atoms in total. The van der Waals surface area contributed by atoms with Crippen molar-refractivity contribution in [2.24, 2.45) is 7.05 Å². The van der Waals surface area contributed by atoms with Crippen molar-refractivity contribution in [1.82, 2.24) is 30.3 Å². The molecule has 0 bridgehead atoms. The minimum absolute atomic E-state index is 0.0501. The van der Waals surface area contributed by atoms with E-state index in [9.17, 15) is 9.18 Å². The number of halogens is 1. The number of amides is 1. The third-order valence-corrected chi connectivity index (χ3v) is 3.63. The van der Waals surface area contributed by atoms with Crippen molar-refractivity contribution in [2.45, 2.75) is 26.5 Å². The zero-order valence-electron chi connectivity index (χ0n) is 15.6. The SMILES string of the molecule is CC(C)NC(=O)Oc1cnc(OCc2c(-c3ccc(F)cc3)nnn2C)cn1. The first-order chi connectivity index (χ1) is 13.4. The third kappa shape index (κ3) is 4.78. The number of hydrogen-bond donors (Lipinski definition) is 1. The van der Waals surface area contributed by atoms with Gasteiger partial charge in [-0.05, 0) is 38.1 Å². The number of carbonyl (C=O) groups is 1. The van der Waals surface area contributed by atoms with E-state index >= 15 is 0 Å². The number of aromatic nitrogens is 5. The minimum Gasteiger partial charge on any atom is -0.470 e. The van der Waals surface area contributed by atoms with Gasteiger partial charge in [0.25, 0.3) is 0 Å². The average molecular weight is 386 g/mol. The lowest BCUT2D eigenvalue weighted by molar-refractivity contribution is 0.195. The fourth-order valence-electron chi connectivity index (χ4n) is 2.30. The molecule has 1 amide bonds. The Kier molecular flexibility index (Phi) is 5.78. The molecule has 3 aromatic rings. The maximum Gasteiger partial charge on any atom is 0.414 e. The molecule has 0 spiro atoms. The van der Waals surface area contributed by atoms with E-state index < -0.39 is 6.09 Å². The van der Waals surface area contributed by atoms with Gasteiger partial charge < -0.3 is 14.8 Å². The van der Waals surface area contributed by atoms with E-state index in [0.717, 1.165) is 5.56 Å². The van der Waals surface area contributed by atoms with Gasteiger partial charge in [-0.15, -0.1) is 5.10 Å². The standard InChI is InChI=1S/C18H19FN6O3/c1-11(2)22-18(26)28-16-9-20-15(8-21-16)27-10-14-17(23-24-25(14)3)12-4-6-13(19)7-5-12/h4-9,11H,10H2,1-3H3,(H,22,26). The van der Waals surface area contributed by atoms with Crippen molar-refractivity contribution in [3.05, 3.63) is 48.2 Å². The van der Waals surface area contributed by atoms with Crippen molar-refractivity contribution in [3.8, 4) is 23.0 Å². The fraction of sp³-hybridized carbons (Fsp3) is 0.278. The van der Waals surface area contributed by atoms with Crippen LogP contribution in [0.5, 0.6) is 11.8 Å². The van der Waals surface area contributed by atoms with Gasteiger partial charge in [-0.25, -0.2) is 23.8 Å². The quantitative estimate of drug-likeness (QED) is 0.694. The van der Waals surface area contributed by atoms with Gasteiger partial charge in [0, 0.05) is 18.7 Å². The molecule has 0 radical (unpaired) electrons. The van der Waals surface area contributed by atoms with Crippen LogP contribution < -0.4 is 14.8 Å². The van der Waals surface area contributed by atoms with Gasteiger partial charge in [0.1, 0.15) is 23.8 Å². The molecule has 0 unspecified atom stereocenters. The summed E-state index contributed by atoms with van der Waals surface area (Å²) in [6, 6.07) is 5.90. The number of nitrogens with zero attached hydrogens (tertiary/aromatic N) is 5. The Bertz CT molecular complexity index is 941. The fourth-order valence-corrected chi connectivity index (χ4v) is 2.30. The second kappa shape index (κ2) is 8.42. The lowest BCUT2D eigenvalue weighted by Crippen LogP contribution is -2.32. The van der Waals surface area contributed by atoms with E-state index in [0.29, 0.717) is 11.4 Å². The van der Waals surface area contributed by atoms with E-state index in [-0.39, 0.29) is 30.2 Å². The molecule has 0 aliphatic heterocycles. The summed E-state index contributed by atoms with van der Waals surface area (Å²) in [6.07, 6.45) is 2.03. The smallest absolute Gasteiger partial charge is 0.414 e. The molecule has 0 aliphatic rings. The summed E-state index contributed by atoms with van der Waals surface area (Å²) in [5, 5.41) is 10.7. The first-order valence-electron chi connectivity index (χ1n) is 8.50. The number of ether oxygens (including phenoxy) is 2. The maximum atomic E-state index is 13.1. The largest absolute Gasteiger partial charge is 0.470 e. The second-order valence-corrected chi connectivity index (χ2v) is 6.19. The molecular weight excluding hydrogens is 367 g/mol. The van der Waals surface area contributed by atoms with Gasteiger partial charge in [0.15, 0.2) is 0 Å². The number of benzene rings is 1. The highest BCUT2D eigenvalue weighted by Gasteiger charge is 2.14. The van der Waals surface area contributed by atoms with Crippen molar-refractivity contribution >= 4 is 6.09 Å². The molecular formula is C18H19FN6O3. The molecule has 10 heteroatoms. The van der Waals surface area contributed by atoms with Gasteiger partial charge in [-0.3, -0.25) is 0 Å². The second-order valence-electron chi connectivity index (χ2n) is 6.19. The zero-order chi connectivity index (χ0) is 20.1. The van der Waals surface area contributed by atoms with Crippen LogP contribution in [0.1, 0.15) is 19.5 Å². The van der Waals surface area contributed by atoms with Gasteiger partial charge in [0.05, 0.1) is 12.4 Å². The average Bonchev–Trinajstić information content (AvgIpc) is 3.02. The summed E-state index contributed by atoms with van der Waals surface area (Å²) < 4.78 is 25.3. The Balaban J connectivity index is 1.65. The number of nitrogens with one attached hydrogen (secondary N) is 1. The Morgan fingerprint density at radius 2 is 1.86 bits per heavy atom. The van der Waals surface area contributed by atoms with Crippen LogP contribution in [0.2, 0.25) is 0 Å². The molecule has 0 aliphatic carbocycles. The first-order valence-corrected chi connectivity index (χ1v) is 8.50. The number of hydrogen-bond acceptors (Lipinski definition) is 7. The van der Waals surface area contributed by atoms with Crippen LogP contribution >= 0.6 is 0 Å². The highest BCUT2D eigenvalue weighted by Crippen LogP contribution is 2.22. The summed E-state index contributed by atoms with van der Waals surface area (Å²) in [7, 11) is 1.73. The number of aryl methyl sites for hydroxylation is 1. The van der Waals surface area contributed by atoms with E-state index in [1.165, 1.54) is 24.5 Å². The predicted molar refractivity (Wildman–Crippen MR) is 97.1 cm³/mol. The molecule has 146 valence electrons. The van der Waals surface area contributed by atoms with E-state index in [1.807, 2.05) is 13.8 Å². The van der Waals surface area contributed by atoms with E-state index in [2.05, 4.69) is 25.6 Å². The van der Waals surface area contributed by atoms with Crippen LogP contribution in [0.4, 0.5) is 9.18 Å². The molecule has 1 N–H and O–H groups in total. The Morgan fingerprint density at radius 3 is 2.50 bits per heavy atom. The lowest BCUT2D eigenvalue weighted by atomic mass is 10.1. The Morgan fingerprint density at radius 1 is 1.18 bits per heavy atom. The first kappa shape index (κ1) is 19.2. The topological polar surface area (TPSA) is 104 Å². The highest BCUT2D eigenvalue weighted by atomic mass is 19.1. The zero-order valence-corrected chi connectivity index (χ0v) is 15.6. The third-order valence-electron chi connectivity index (χ3n) is 3.63. The number of rotatable bonds is 6. The molecule has 28 heavy (non-hydrogen) atoms. The van der Waals surface area contributed by atoms with Crippen LogP contribution in [0.25, 0.3) is 11.3 Å². The van der Waals surface area contributed by atoms with Gasteiger partial charge >= 0.3 is 6.09 Å². The normalized spacial score (nSPS) is 10.8. The van der Waals surface area contributed by atoms with Gasteiger partial charge in [-0.1, -0.05) is 5.21 Å². The van der Waals surface area contributed by atoms with Crippen molar-refractivity contribution in [1.29, 1.82) is 0 Å². The van der Waals surface area contributed by atoms with Crippen LogP contribution in [0.3, 0.4) is 0 Å². The van der Waals surface area contributed by atoms with Crippen molar-refractivity contribution in [3.63, 3.8) is 0 Å². The lowest BCUT2D eigenvalue weighted by Gasteiger charge is -2.09. The molecule has 3 rings (SSSR count). The van der Waals surface area contributed by atoms with Crippen LogP contribution in [0.15, 0.2) is 36.7 Å². The minimum atomic E-state index is -0.608. The molecule has 2 heterocycles. The van der Waals surface area contributed by atoms with E-state index in [1.54, 1.807) is 23.9 Å². The molecule has 2 aromatic heterocycles. The van der Waals surface area contributed by atoms with Crippen LogP contribution in [-0.4, -0.2) is 37.1 Å². The summed E-state index contributed by atoms with van der Waals surface area (Å²) in [6.45, 7) is 3.76. The summed E-state index contributed by atoms with van der Waals surface area (Å²) in [5.41, 5.74) is 1.99. The van der Waals surface area contributed by atoms with Crippen LogP contribution in [0, 0.1) is 5.82 Å². The summed E-state index contributed by atoms with van der Waals surface area (Å²) in [4.78, 5) is 19.6. The Labute approximate surface area is 160 Å². The molecule has 0 saturated heterocycles. The predicted octanol–water partition coefficient (Wildman–Crippen LogP) is 2.49.